The van der Waals surface area contributed by atoms with Gasteiger partial charge in [0.15, 0.2) is 0 Å². The summed E-state index contributed by atoms with van der Waals surface area (Å²) in [4.78, 5) is 8.03. The summed E-state index contributed by atoms with van der Waals surface area (Å²) in [5.41, 5.74) is 0. The molecular formula is CH3Cl2O3P. The third-order valence-electron chi connectivity index (χ3n) is 0.208. The van der Waals surface area contributed by atoms with Crippen LogP contribution in [0.1, 0.15) is 0 Å². The first-order valence-electron chi connectivity index (χ1n) is 1.29. The molecule has 0 aliphatic rings. The zero-order valence-electron chi connectivity index (χ0n) is 3.17. The molecule has 0 aromatic carbocycles. The van der Waals surface area contributed by atoms with Crippen LogP contribution in [0.3, 0.4) is 0 Å². The number of alkyl halides is 1. The normalized spacial score (nSPS) is 18.7. The summed E-state index contributed by atoms with van der Waals surface area (Å²) in [5.74, 6) is 0. The second-order valence-corrected chi connectivity index (χ2v) is 3.35. The monoisotopic (exact) mass is 164 g/mol. The van der Waals surface area contributed by atoms with E-state index in [1.165, 1.54) is 0 Å². The third-order valence-corrected chi connectivity index (χ3v) is 1.21. The molecule has 7 heavy (non-hydrogen) atoms. The Kier molecular flexibility index (Phi) is 3.20. The van der Waals surface area contributed by atoms with Gasteiger partial charge in [-0.25, -0.2) is 4.57 Å². The van der Waals surface area contributed by atoms with Gasteiger partial charge in [0.1, 0.15) is 6.07 Å². The van der Waals surface area contributed by atoms with E-state index in [1.54, 1.807) is 0 Å². The van der Waals surface area contributed by atoms with E-state index in [2.05, 4.69) is 15.8 Å². The van der Waals surface area contributed by atoms with E-state index in [9.17, 15) is 4.57 Å². The van der Waals surface area contributed by atoms with Crippen LogP contribution >= 0.6 is 29.8 Å². The van der Waals surface area contributed by atoms with Gasteiger partial charge in [0.05, 0.1) is 0 Å². The molecule has 6 heteroatoms. The SMILES string of the molecule is O=P(O)(Cl)OCCl. The van der Waals surface area contributed by atoms with E-state index in [1.807, 2.05) is 0 Å². The molecule has 0 aromatic rings. The molecule has 0 spiro atoms. The molecular weight excluding hydrogens is 162 g/mol. The topological polar surface area (TPSA) is 46.5 Å². The minimum atomic E-state index is -3.83. The standard InChI is InChI=1S/CH3Cl2O3P/c2-1-6-7(3,4)5/h1H2,(H,4,5). The second kappa shape index (κ2) is 2.90. The molecule has 0 heterocycles. The molecule has 0 saturated carbocycles. The van der Waals surface area contributed by atoms with Crippen molar-refractivity contribution in [2.45, 2.75) is 0 Å². The predicted octanol–water partition coefficient (Wildman–Crippen LogP) is 1.54. The highest BCUT2D eigenvalue weighted by Gasteiger charge is 2.11. The van der Waals surface area contributed by atoms with E-state index in [-0.39, 0.29) is 6.07 Å². The van der Waals surface area contributed by atoms with Crippen LogP contribution in [0.25, 0.3) is 0 Å². The Morgan fingerprint density at radius 2 is 2.29 bits per heavy atom. The Morgan fingerprint density at radius 3 is 2.29 bits per heavy atom. The fourth-order valence-electron chi connectivity index (χ4n) is 0.0602. The van der Waals surface area contributed by atoms with E-state index in [0.29, 0.717) is 0 Å². The molecule has 0 aliphatic heterocycles. The van der Waals surface area contributed by atoms with Crippen LogP contribution < -0.4 is 0 Å². The van der Waals surface area contributed by atoms with E-state index >= 15 is 0 Å². The maximum Gasteiger partial charge on any atom is 0.422 e. The Bertz CT molecular complexity index is 86.9. The number of halogens is 2. The van der Waals surface area contributed by atoms with Crippen LogP contribution in [0.4, 0.5) is 0 Å². The lowest BCUT2D eigenvalue weighted by Gasteiger charge is -1.96. The van der Waals surface area contributed by atoms with Gasteiger partial charge in [-0.05, 0) is 0 Å². The molecule has 0 amide bonds. The zero-order chi connectivity index (χ0) is 5.91. The zero-order valence-corrected chi connectivity index (χ0v) is 5.58. The summed E-state index contributed by atoms with van der Waals surface area (Å²) in [6, 6.07) is -0.364. The molecule has 0 fully saturated rings. The van der Waals surface area contributed by atoms with Gasteiger partial charge in [0, 0.05) is 11.2 Å². The molecule has 1 N–H and O–H groups in total. The predicted molar refractivity (Wildman–Crippen MR) is 27.5 cm³/mol. The van der Waals surface area contributed by atoms with Crippen molar-refractivity contribution in [3.05, 3.63) is 0 Å². The highest BCUT2D eigenvalue weighted by molar-refractivity contribution is 7.80. The van der Waals surface area contributed by atoms with Crippen molar-refractivity contribution in [2.75, 3.05) is 6.07 Å². The van der Waals surface area contributed by atoms with Crippen molar-refractivity contribution in [1.29, 1.82) is 0 Å². The van der Waals surface area contributed by atoms with Crippen molar-refractivity contribution in [1.82, 2.24) is 0 Å². The number of hydrogen-bond donors (Lipinski definition) is 1. The summed E-state index contributed by atoms with van der Waals surface area (Å²) < 4.78 is 13.7. The summed E-state index contributed by atoms with van der Waals surface area (Å²) in [7, 11) is 0. The summed E-state index contributed by atoms with van der Waals surface area (Å²) in [6.45, 7) is -3.83. The molecule has 1 atom stereocenters. The van der Waals surface area contributed by atoms with Crippen LogP contribution in [0, 0.1) is 0 Å². The largest absolute Gasteiger partial charge is 0.422 e. The van der Waals surface area contributed by atoms with Gasteiger partial charge >= 0.3 is 6.95 Å². The van der Waals surface area contributed by atoms with Crippen LogP contribution in [0.5, 0.6) is 0 Å². The van der Waals surface area contributed by atoms with Gasteiger partial charge in [0.25, 0.3) is 0 Å². The molecule has 0 bridgehead atoms. The summed E-state index contributed by atoms with van der Waals surface area (Å²) in [6.07, 6.45) is 0. The summed E-state index contributed by atoms with van der Waals surface area (Å²) in [5, 5.41) is 0. The van der Waals surface area contributed by atoms with Crippen molar-refractivity contribution in [3.8, 4) is 0 Å². The minimum Gasteiger partial charge on any atom is -0.313 e. The second-order valence-electron chi connectivity index (χ2n) is 0.690. The van der Waals surface area contributed by atoms with E-state index in [0.717, 1.165) is 0 Å². The third kappa shape index (κ3) is 6.73. The number of hydrogen-bond acceptors (Lipinski definition) is 2. The fraction of sp³-hybridized carbons (Fsp3) is 1.00. The average molecular weight is 165 g/mol. The van der Waals surface area contributed by atoms with Gasteiger partial charge in [-0.15, -0.1) is 0 Å². The smallest absolute Gasteiger partial charge is 0.313 e. The molecule has 44 valence electrons. The van der Waals surface area contributed by atoms with Crippen molar-refractivity contribution >= 4 is 29.8 Å². The lowest BCUT2D eigenvalue weighted by atomic mass is 11.7. The van der Waals surface area contributed by atoms with E-state index in [4.69, 9.17) is 16.5 Å². The van der Waals surface area contributed by atoms with Crippen molar-refractivity contribution in [3.63, 3.8) is 0 Å². The molecule has 0 saturated heterocycles. The Hall–Kier alpha value is 0.730. The Labute approximate surface area is 50.5 Å². The first kappa shape index (κ1) is 7.73. The molecule has 3 nitrogen and oxygen atoms in total. The first-order chi connectivity index (χ1) is 3.06. The highest BCUT2D eigenvalue weighted by Crippen LogP contribution is 2.47. The van der Waals surface area contributed by atoms with Crippen LogP contribution in [-0.4, -0.2) is 11.0 Å². The van der Waals surface area contributed by atoms with Crippen molar-refractivity contribution < 1.29 is 14.0 Å². The number of rotatable bonds is 2. The average Bonchev–Trinajstić information content (AvgIpc) is 1.30. The van der Waals surface area contributed by atoms with E-state index < -0.39 is 6.95 Å². The molecule has 0 aromatic heterocycles. The summed E-state index contributed by atoms with van der Waals surface area (Å²) >= 11 is 9.49. The van der Waals surface area contributed by atoms with Crippen LogP contribution in [0.2, 0.25) is 0 Å². The van der Waals surface area contributed by atoms with Gasteiger partial charge in [-0.2, -0.15) is 0 Å². The Balaban J connectivity index is 3.36. The minimum absolute atomic E-state index is 0.364. The molecule has 1 unspecified atom stereocenters. The van der Waals surface area contributed by atoms with Crippen LogP contribution in [-0.2, 0) is 9.09 Å². The Morgan fingerprint density at radius 1 is 1.86 bits per heavy atom. The van der Waals surface area contributed by atoms with Gasteiger partial charge in [-0.3, -0.25) is 4.52 Å². The van der Waals surface area contributed by atoms with Gasteiger partial charge < -0.3 is 4.89 Å². The first-order valence-corrected chi connectivity index (χ1v) is 4.31. The van der Waals surface area contributed by atoms with Crippen molar-refractivity contribution in [2.24, 2.45) is 0 Å². The lowest BCUT2D eigenvalue weighted by molar-refractivity contribution is 0.319. The molecule has 0 rings (SSSR count). The maximum atomic E-state index is 9.83. The van der Waals surface area contributed by atoms with Crippen LogP contribution in [0.15, 0.2) is 0 Å². The lowest BCUT2D eigenvalue weighted by Crippen LogP contribution is -1.76. The molecule has 0 radical (unpaired) electrons. The fourth-order valence-corrected chi connectivity index (χ4v) is 0.874. The maximum absolute atomic E-state index is 9.83. The molecule has 0 aliphatic carbocycles. The van der Waals surface area contributed by atoms with Gasteiger partial charge in [-0.1, -0.05) is 11.6 Å². The quantitative estimate of drug-likeness (QED) is 0.498. The van der Waals surface area contributed by atoms with Gasteiger partial charge in [0.2, 0.25) is 0 Å². The highest BCUT2D eigenvalue weighted by atomic mass is 35.7.